The van der Waals surface area contributed by atoms with Crippen molar-refractivity contribution >= 4 is 40.9 Å². The van der Waals surface area contributed by atoms with Gasteiger partial charge in [0.15, 0.2) is 6.61 Å². The molecule has 0 spiro atoms. The van der Waals surface area contributed by atoms with Crippen LogP contribution in [0.1, 0.15) is 29.8 Å². The summed E-state index contributed by atoms with van der Waals surface area (Å²) < 4.78 is 4.95. The van der Waals surface area contributed by atoms with Crippen molar-refractivity contribution in [3.05, 3.63) is 68.7 Å². The lowest BCUT2D eigenvalue weighted by Crippen LogP contribution is -2.42. The van der Waals surface area contributed by atoms with Crippen molar-refractivity contribution in [2.45, 2.75) is 20.4 Å². The fourth-order valence-corrected chi connectivity index (χ4v) is 2.72. The Morgan fingerprint density at radius 3 is 2.53 bits per heavy atom. The van der Waals surface area contributed by atoms with Crippen LogP contribution in [0.2, 0.25) is 5.02 Å². The van der Waals surface area contributed by atoms with E-state index in [0.717, 1.165) is 11.6 Å². The molecule has 0 heterocycles. The second-order valence-corrected chi connectivity index (χ2v) is 7.57. The number of benzene rings is 2. The SMILES string of the molecule is CC(C)CNC(=O)NC(=O)COC(=O)c1cc([N+](=O)[O-])ccc1NCc1ccccc1Cl. The highest BCUT2D eigenvalue weighted by Gasteiger charge is 2.20. The molecule has 0 bridgehead atoms. The van der Waals surface area contributed by atoms with Gasteiger partial charge in [-0.15, -0.1) is 0 Å². The summed E-state index contributed by atoms with van der Waals surface area (Å²) in [6, 6.07) is 10.00. The summed E-state index contributed by atoms with van der Waals surface area (Å²) in [5, 5.41) is 19.1. The normalized spacial score (nSPS) is 10.4. The third-order valence-electron chi connectivity index (χ3n) is 4.12. The molecule has 0 radical (unpaired) electrons. The summed E-state index contributed by atoms with van der Waals surface area (Å²) in [6.07, 6.45) is 0. The summed E-state index contributed by atoms with van der Waals surface area (Å²) in [5.41, 5.74) is 0.551. The van der Waals surface area contributed by atoms with Gasteiger partial charge in [-0.2, -0.15) is 0 Å². The van der Waals surface area contributed by atoms with Gasteiger partial charge in [0, 0.05) is 35.9 Å². The van der Waals surface area contributed by atoms with Crippen LogP contribution >= 0.6 is 11.6 Å². The van der Waals surface area contributed by atoms with E-state index in [0.29, 0.717) is 11.6 Å². The quantitative estimate of drug-likeness (QED) is 0.294. The van der Waals surface area contributed by atoms with Gasteiger partial charge in [0.25, 0.3) is 11.6 Å². The van der Waals surface area contributed by atoms with E-state index in [9.17, 15) is 24.5 Å². The second kappa shape index (κ2) is 11.7. The van der Waals surface area contributed by atoms with Crippen LogP contribution in [-0.4, -0.2) is 36.0 Å². The molecule has 11 heteroatoms. The number of hydrogen-bond donors (Lipinski definition) is 3. The standard InChI is InChI=1S/C21H23ClN4O6/c1-13(2)10-24-21(29)25-19(27)12-32-20(28)16-9-15(26(30)31)7-8-18(16)23-11-14-5-3-4-6-17(14)22/h3-9,13,23H,10-12H2,1-2H3,(H2,24,25,27,29). The fourth-order valence-electron chi connectivity index (χ4n) is 2.51. The van der Waals surface area contributed by atoms with E-state index in [2.05, 4.69) is 10.6 Å². The fraction of sp³-hybridized carbons (Fsp3) is 0.286. The van der Waals surface area contributed by atoms with Crippen LogP contribution in [0.3, 0.4) is 0 Å². The number of carbonyl (C=O) groups is 3. The molecule has 0 unspecified atom stereocenters. The van der Waals surface area contributed by atoms with Gasteiger partial charge in [0.2, 0.25) is 0 Å². The number of nitrogens with one attached hydrogen (secondary N) is 3. The summed E-state index contributed by atoms with van der Waals surface area (Å²) in [4.78, 5) is 46.5. The Morgan fingerprint density at radius 1 is 1.16 bits per heavy atom. The van der Waals surface area contributed by atoms with Crippen LogP contribution < -0.4 is 16.0 Å². The van der Waals surface area contributed by atoms with E-state index >= 15 is 0 Å². The van der Waals surface area contributed by atoms with Crippen molar-refractivity contribution in [3.63, 3.8) is 0 Å². The first-order valence-electron chi connectivity index (χ1n) is 9.68. The van der Waals surface area contributed by atoms with Crippen LogP contribution in [0.4, 0.5) is 16.2 Å². The minimum absolute atomic E-state index is 0.136. The molecule has 2 aromatic rings. The number of amides is 3. The van der Waals surface area contributed by atoms with Gasteiger partial charge in [-0.25, -0.2) is 9.59 Å². The Hall–Kier alpha value is -3.66. The monoisotopic (exact) mass is 462 g/mol. The highest BCUT2D eigenvalue weighted by Crippen LogP contribution is 2.25. The average Bonchev–Trinajstić information content (AvgIpc) is 2.75. The van der Waals surface area contributed by atoms with Crippen LogP contribution in [0.5, 0.6) is 0 Å². The molecule has 0 saturated heterocycles. The first-order chi connectivity index (χ1) is 15.2. The van der Waals surface area contributed by atoms with Gasteiger partial charge in [-0.3, -0.25) is 20.2 Å². The van der Waals surface area contributed by atoms with E-state index in [1.54, 1.807) is 24.3 Å². The lowest BCUT2D eigenvalue weighted by atomic mass is 10.1. The van der Waals surface area contributed by atoms with Crippen molar-refractivity contribution in [2.24, 2.45) is 5.92 Å². The summed E-state index contributed by atoms with van der Waals surface area (Å²) in [7, 11) is 0. The number of halogens is 1. The molecule has 0 aliphatic rings. The summed E-state index contributed by atoms with van der Waals surface area (Å²) in [6.45, 7) is 3.66. The smallest absolute Gasteiger partial charge is 0.341 e. The lowest BCUT2D eigenvalue weighted by Gasteiger charge is -2.13. The van der Waals surface area contributed by atoms with Gasteiger partial charge >= 0.3 is 12.0 Å². The van der Waals surface area contributed by atoms with Crippen molar-refractivity contribution in [3.8, 4) is 0 Å². The zero-order valence-corrected chi connectivity index (χ0v) is 18.3. The molecule has 2 aromatic carbocycles. The first-order valence-corrected chi connectivity index (χ1v) is 10.1. The Labute approximate surface area is 189 Å². The highest BCUT2D eigenvalue weighted by molar-refractivity contribution is 6.31. The molecule has 170 valence electrons. The van der Waals surface area contributed by atoms with Gasteiger partial charge in [-0.05, 0) is 23.6 Å². The Morgan fingerprint density at radius 2 is 1.88 bits per heavy atom. The second-order valence-electron chi connectivity index (χ2n) is 7.16. The number of urea groups is 1. The number of esters is 1. The van der Waals surface area contributed by atoms with E-state index in [-0.39, 0.29) is 29.4 Å². The zero-order chi connectivity index (χ0) is 23.7. The van der Waals surface area contributed by atoms with E-state index in [4.69, 9.17) is 16.3 Å². The van der Waals surface area contributed by atoms with Crippen molar-refractivity contribution in [2.75, 3.05) is 18.5 Å². The molecule has 3 amide bonds. The maximum Gasteiger partial charge on any atom is 0.341 e. The number of hydrogen-bond acceptors (Lipinski definition) is 7. The molecule has 0 saturated carbocycles. The molecular weight excluding hydrogens is 440 g/mol. The maximum absolute atomic E-state index is 12.5. The van der Waals surface area contributed by atoms with Crippen molar-refractivity contribution in [1.82, 2.24) is 10.6 Å². The summed E-state index contributed by atoms with van der Waals surface area (Å²) >= 11 is 6.13. The molecule has 0 aliphatic carbocycles. The van der Waals surface area contributed by atoms with Crippen LogP contribution in [0.25, 0.3) is 0 Å². The molecular formula is C21H23ClN4O6. The third kappa shape index (κ3) is 7.55. The molecule has 0 aromatic heterocycles. The highest BCUT2D eigenvalue weighted by atomic mass is 35.5. The number of rotatable bonds is 9. The molecule has 10 nitrogen and oxygen atoms in total. The number of anilines is 1. The summed E-state index contributed by atoms with van der Waals surface area (Å²) in [5.74, 6) is -1.61. The number of ether oxygens (including phenoxy) is 1. The predicted octanol–water partition coefficient (Wildman–Crippen LogP) is 3.50. The Balaban J connectivity index is 2.06. The molecule has 0 atom stereocenters. The first kappa shape index (κ1) is 24.6. The minimum Gasteiger partial charge on any atom is -0.452 e. The number of imide groups is 1. The van der Waals surface area contributed by atoms with Crippen molar-refractivity contribution < 1.29 is 24.0 Å². The minimum atomic E-state index is -0.965. The molecule has 32 heavy (non-hydrogen) atoms. The number of non-ortho nitro benzene ring substituents is 1. The Bertz CT molecular complexity index is 1010. The lowest BCUT2D eigenvalue weighted by molar-refractivity contribution is -0.384. The average molecular weight is 463 g/mol. The van der Waals surface area contributed by atoms with Crippen LogP contribution in [0, 0.1) is 16.0 Å². The predicted molar refractivity (Wildman–Crippen MR) is 119 cm³/mol. The number of nitro benzene ring substituents is 1. The topological polar surface area (TPSA) is 140 Å². The van der Waals surface area contributed by atoms with Crippen molar-refractivity contribution in [1.29, 1.82) is 0 Å². The third-order valence-corrected chi connectivity index (χ3v) is 4.49. The van der Waals surface area contributed by atoms with E-state index < -0.39 is 29.4 Å². The number of nitrogens with zero attached hydrogens (tertiary/aromatic N) is 1. The molecule has 3 N–H and O–H groups in total. The van der Waals surface area contributed by atoms with Gasteiger partial charge in [0.05, 0.1) is 10.5 Å². The van der Waals surface area contributed by atoms with Gasteiger partial charge < -0.3 is 15.4 Å². The maximum atomic E-state index is 12.5. The zero-order valence-electron chi connectivity index (χ0n) is 17.5. The largest absolute Gasteiger partial charge is 0.452 e. The van der Waals surface area contributed by atoms with E-state index in [1.165, 1.54) is 12.1 Å². The Kier molecular flexibility index (Phi) is 8.96. The van der Waals surface area contributed by atoms with E-state index in [1.807, 2.05) is 19.2 Å². The molecule has 0 aliphatic heterocycles. The number of nitro groups is 1. The molecule has 2 rings (SSSR count). The van der Waals surface area contributed by atoms with Gasteiger partial charge in [-0.1, -0.05) is 43.6 Å². The molecule has 0 fully saturated rings. The van der Waals surface area contributed by atoms with Gasteiger partial charge in [0.1, 0.15) is 0 Å². The van der Waals surface area contributed by atoms with Crippen LogP contribution in [0.15, 0.2) is 42.5 Å². The number of carbonyl (C=O) groups excluding carboxylic acids is 3. The van der Waals surface area contributed by atoms with Crippen LogP contribution in [-0.2, 0) is 16.1 Å².